The van der Waals surface area contributed by atoms with Crippen LogP contribution < -0.4 is 11.1 Å². The lowest BCUT2D eigenvalue weighted by Gasteiger charge is -1.97. The Labute approximate surface area is 194 Å². The molecule has 2 aromatic carbocycles. The Hall–Kier alpha value is -2.57. The fraction of sp³-hybridized carbons (Fsp3) is 0. The summed E-state index contributed by atoms with van der Waals surface area (Å²) < 4.78 is 9.26. The summed E-state index contributed by atoms with van der Waals surface area (Å²) in [5.74, 6) is 0. The molecule has 11 heteroatoms. The molecule has 2 N–H and O–H groups in total. The number of hydrogen-bond donors (Lipinski definition) is 2. The van der Waals surface area contributed by atoms with Crippen molar-refractivity contribution in [2.45, 2.75) is 8.68 Å². The molecular formula is C20H10N4O2S5. The third-order valence-electron chi connectivity index (χ3n) is 4.70. The van der Waals surface area contributed by atoms with Gasteiger partial charge in [0.2, 0.25) is 0 Å². The Morgan fingerprint density at radius 2 is 1.16 bits per heavy atom. The maximum atomic E-state index is 12.1. The summed E-state index contributed by atoms with van der Waals surface area (Å²) in [5.41, 5.74) is 4.42. The number of fused-ring (bicyclic) bond motifs is 2. The summed E-state index contributed by atoms with van der Waals surface area (Å²) in [6, 6.07) is 11.8. The van der Waals surface area contributed by atoms with Crippen molar-refractivity contribution >= 4 is 77.9 Å². The molecule has 4 aromatic heterocycles. The van der Waals surface area contributed by atoms with Crippen molar-refractivity contribution in [2.75, 3.05) is 0 Å². The molecule has 6 nitrogen and oxygen atoms in total. The number of nitrogens with one attached hydrogen (secondary N) is 2. The van der Waals surface area contributed by atoms with Crippen molar-refractivity contribution in [2.24, 2.45) is 0 Å². The van der Waals surface area contributed by atoms with Crippen LogP contribution in [0, 0.1) is 0 Å². The minimum atomic E-state index is -0.0955. The number of rotatable bonds is 4. The van der Waals surface area contributed by atoms with E-state index >= 15 is 0 Å². The highest BCUT2D eigenvalue weighted by Crippen LogP contribution is 2.41. The molecule has 0 atom stereocenters. The maximum Gasteiger partial charge on any atom is 0.265 e. The molecule has 152 valence electrons. The van der Waals surface area contributed by atoms with Crippen LogP contribution in [-0.4, -0.2) is 18.7 Å². The van der Waals surface area contributed by atoms with Crippen LogP contribution in [0.25, 0.3) is 42.7 Å². The minimum Gasteiger partial charge on any atom is -0.277 e. The van der Waals surface area contributed by atoms with Gasteiger partial charge in [0.05, 0.1) is 31.6 Å². The highest BCUT2D eigenvalue weighted by atomic mass is 32.2. The van der Waals surface area contributed by atoms with E-state index in [1.165, 1.54) is 34.8 Å². The molecule has 0 aliphatic carbocycles. The van der Waals surface area contributed by atoms with E-state index in [-0.39, 0.29) is 11.1 Å². The monoisotopic (exact) mass is 498 g/mol. The molecule has 6 rings (SSSR count). The lowest BCUT2D eigenvalue weighted by atomic mass is 10.1. The summed E-state index contributed by atoms with van der Waals surface area (Å²) in [4.78, 5) is 33.8. The molecule has 0 fully saturated rings. The van der Waals surface area contributed by atoms with Crippen LogP contribution in [0.4, 0.5) is 0 Å². The fourth-order valence-electron chi connectivity index (χ4n) is 3.33. The van der Waals surface area contributed by atoms with Gasteiger partial charge in [0, 0.05) is 21.9 Å². The van der Waals surface area contributed by atoms with E-state index in [4.69, 9.17) is 9.97 Å². The topological polar surface area (TPSA) is 91.5 Å². The zero-order chi connectivity index (χ0) is 20.9. The second-order valence-corrected chi connectivity index (χ2v) is 11.4. The zero-order valence-corrected chi connectivity index (χ0v) is 19.5. The first-order valence-corrected chi connectivity index (χ1v) is 13.2. The average Bonchev–Trinajstić information content (AvgIpc) is 3.53. The van der Waals surface area contributed by atoms with Gasteiger partial charge in [-0.1, -0.05) is 47.3 Å². The van der Waals surface area contributed by atoms with Gasteiger partial charge >= 0.3 is 0 Å². The average molecular weight is 499 g/mol. The summed E-state index contributed by atoms with van der Waals surface area (Å²) >= 11 is 7.23. The number of H-pyrrole nitrogens is 2. The van der Waals surface area contributed by atoms with E-state index in [2.05, 4.69) is 8.75 Å². The number of para-hydroxylation sites is 2. The van der Waals surface area contributed by atoms with E-state index in [1.807, 2.05) is 47.2 Å². The molecule has 0 saturated heterocycles. The third kappa shape index (κ3) is 3.29. The van der Waals surface area contributed by atoms with Crippen LogP contribution in [0.2, 0.25) is 0 Å². The van der Waals surface area contributed by atoms with Crippen molar-refractivity contribution in [3.63, 3.8) is 0 Å². The van der Waals surface area contributed by atoms with Crippen LogP contribution in [-0.2, 0) is 0 Å². The third-order valence-corrected chi connectivity index (χ3v) is 9.18. The van der Waals surface area contributed by atoms with E-state index in [0.29, 0.717) is 11.1 Å². The van der Waals surface area contributed by atoms with Crippen molar-refractivity contribution in [3.05, 3.63) is 67.9 Å². The molecule has 0 aliphatic heterocycles. The van der Waals surface area contributed by atoms with Gasteiger partial charge in [-0.25, -0.2) is 9.97 Å². The Bertz CT molecular complexity index is 1560. The second kappa shape index (κ2) is 7.53. The van der Waals surface area contributed by atoms with Crippen LogP contribution in [0.5, 0.6) is 0 Å². The van der Waals surface area contributed by atoms with Crippen molar-refractivity contribution in [3.8, 4) is 22.3 Å². The molecule has 31 heavy (non-hydrogen) atoms. The predicted octanol–water partition coefficient (Wildman–Crippen LogP) is 5.89. The summed E-state index contributed by atoms with van der Waals surface area (Å²) in [6.07, 6.45) is 0. The molecule has 0 unspecified atom stereocenters. The van der Waals surface area contributed by atoms with Gasteiger partial charge in [-0.05, 0) is 23.9 Å². The van der Waals surface area contributed by atoms with Gasteiger partial charge in [-0.15, -0.1) is 22.7 Å². The lowest BCUT2D eigenvalue weighted by Crippen LogP contribution is -2.00. The number of nitrogens with zero attached hydrogens (tertiary/aromatic N) is 2. The van der Waals surface area contributed by atoms with Gasteiger partial charge in [0.25, 0.3) is 11.1 Å². The normalized spacial score (nSPS) is 11.6. The number of thiazole rings is 2. The van der Waals surface area contributed by atoms with Gasteiger partial charge in [-0.3, -0.25) is 18.3 Å². The number of hydrogen-bond acceptors (Lipinski definition) is 9. The minimum absolute atomic E-state index is 0.0955. The van der Waals surface area contributed by atoms with E-state index in [0.717, 1.165) is 40.2 Å². The molecule has 0 radical (unpaired) electrons. The van der Waals surface area contributed by atoms with Gasteiger partial charge in [0.15, 0.2) is 8.68 Å². The Morgan fingerprint density at radius 3 is 1.58 bits per heavy atom. The van der Waals surface area contributed by atoms with Gasteiger partial charge < -0.3 is 0 Å². The Balaban J connectivity index is 1.42. The lowest BCUT2D eigenvalue weighted by molar-refractivity contribution is 1.26. The number of aromatic nitrogens is 4. The Morgan fingerprint density at radius 1 is 0.677 bits per heavy atom. The smallest absolute Gasteiger partial charge is 0.265 e. The molecule has 6 aromatic rings. The van der Waals surface area contributed by atoms with Gasteiger partial charge in [0.1, 0.15) is 0 Å². The van der Waals surface area contributed by atoms with E-state index < -0.39 is 0 Å². The van der Waals surface area contributed by atoms with Crippen LogP contribution in [0.15, 0.2) is 65.4 Å². The van der Waals surface area contributed by atoms with Gasteiger partial charge in [-0.2, -0.15) is 0 Å². The zero-order valence-electron chi connectivity index (χ0n) is 15.4. The molecule has 0 saturated carbocycles. The summed E-state index contributed by atoms with van der Waals surface area (Å²) in [7, 11) is 0. The van der Waals surface area contributed by atoms with E-state index in [9.17, 15) is 9.59 Å². The summed E-state index contributed by atoms with van der Waals surface area (Å²) in [6.45, 7) is 0. The summed E-state index contributed by atoms with van der Waals surface area (Å²) in [5, 5.41) is 3.65. The number of benzene rings is 2. The molecular weight excluding hydrogens is 489 g/mol. The SMILES string of the molecule is O=c1[nH]scc1-c1cccc2sc(Sc3nc4c(-c5cs[nH]c5=O)cccc4s3)nc12. The van der Waals surface area contributed by atoms with Crippen molar-refractivity contribution < 1.29 is 0 Å². The quantitative estimate of drug-likeness (QED) is 0.316. The Kier molecular flexibility index (Phi) is 4.65. The first-order valence-electron chi connectivity index (χ1n) is 8.97. The molecule has 0 spiro atoms. The highest BCUT2D eigenvalue weighted by Gasteiger charge is 2.17. The standard InChI is InChI=1S/C20H10N4O2S5/c25-17-11(7-27-23-17)9-3-1-5-13-15(9)21-19(29-13)31-20-22-16-10(4-2-6-14(16)30-20)12-8-28-24-18(12)26/h1-8H,(H,23,25)(H,24,26). The second-order valence-electron chi connectivity index (χ2n) is 6.53. The van der Waals surface area contributed by atoms with Crippen molar-refractivity contribution in [1.29, 1.82) is 0 Å². The number of aromatic amines is 2. The van der Waals surface area contributed by atoms with Crippen LogP contribution in [0.3, 0.4) is 0 Å². The highest BCUT2D eigenvalue weighted by molar-refractivity contribution is 8.02. The molecule has 0 amide bonds. The van der Waals surface area contributed by atoms with E-state index in [1.54, 1.807) is 22.7 Å². The maximum absolute atomic E-state index is 12.1. The molecule has 0 aliphatic rings. The van der Waals surface area contributed by atoms with Crippen LogP contribution >= 0.6 is 57.5 Å². The first kappa shape index (κ1) is 19.1. The molecule has 4 heterocycles. The molecule has 0 bridgehead atoms. The van der Waals surface area contributed by atoms with Crippen LogP contribution in [0.1, 0.15) is 0 Å². The van der Waals surface area contributed by atoms with Crippen molar-refractivity contribution in [1.82, 2.24) is 18.7 Å². The largest absolute Gasteiger partial charge is 0.277 e. The first-order chi connectivity index (χ1) is 15.2. The fourth-order valence-corrected chi connectivity index (χ4v) is 7.96. The predicted molar refractivity (Wildman–Crippen MR) is 131 cm³/mol.